The Morgan fingerprint density at radius 3 is 2.82 bits per heavy atom. The fraction of sp³-hybridized carbons (Fsp3) is 0.133. The van der Waals surface area contributed by atoms with Gasteiger partial charge in [-0.3, -0.25) is 14.7 Å². The van der Waals surface area contributed by atoms with Crippen molar-refractivity contribution in [3.05, 3.63) is 52.3 Å². The highest BCUT2D eigenvalue weighted by molar-refractivity contribution is 7.09. The third-order valence-corrected chi connectivity index (χ3v) is 4.01. The summed E-state index contributed by atoms with van der Waals surface area (Å²) in [4.78, 5) is 24.9. The number of amides is 2. The van der Waals surface area contributed by atoms with Crippen LogP contribution in [-0.4, -0.2) is 28.6 Å². The summed E-state index contributed by atoms with van der Waals surface area (Å²) in [6.45, 7) is 0.392. The van der Waals surface area contributed by atoms with E-state index in [1.54, 1.807) is 11.3 Å². The van der Waals surface area contributed by atoms with E-state index in [1.807, 2.05) is 41.8 Å². The Kier molecular flexibility index (Phi) is 4.15. The highest BCUT2D eigenvalue weighted by Gasteiger charge is 2.14. The zero-order valence-corrected chi connectivity index (χ0v) is 12.4. The van der Waals surface area contributed by atoms with Gasteiger partial charge in [-0.15, -0.1) is 11.3 Å². The second kappa shape index (κ2) is 6.40. The average molecular weight is 314 g/mol. The van der Waals surface area contributed by atoms with E-state index in [-0.39, 0.29) is 18.4 Å². The molecule has 112 valence electrons. The Hall–Kier alpha value is -2.67. The van der Waals surface area contributed by atoms with E-state index < -0.39 is 0 Å². The summed E-state index contributed by atoms with van der Waals surface area (Å²) < 4.78 is 0. The Bertz CT molecular complexity index is 795. The lowest BCUT2D eigenvalue weighted by Crippen LogP contribution is -2.36. The number of benzene rings is 1. The molecule has 3 N–H and O–H groups in total. The summed E-state index contributed by atoms with van der Waals surface area (Å²) in [7, 11) is 0. The first-order valence-corrected chi connectivity index (χ1v) is 7.62. The Morgan fingerprint density at radius 2 is 2.00 bits per heavy atom. The summed E-state index contributed by atoms with van der Waals surface area (Å²) in [6, 6.07) is 11.2. The van der Waals surface area contributed by atoms with E-state index in [9.17, 15) is 9.59 Å². The molecule has 2 aromatic heterocycles. The molecule has 0 radical (unpaired) electrons. The average Bonchev–Trinajstić information content (AvgIpc) is 3.19. The summed E-state index contributed by atoms with van der Waals surface area (Å²) in [5, 5.41) is 14.8. The van der Waals surface area contributed by atoms with Gasteiger partial charge in [-0.05, 0) is 17.5 Å². The molecular formula is C15H14N4O2S. The fourth-order valence-corrected chi connectivity index (χ4v) is 2.69. The lowest BCUT2D eigenvalue weighted by atomic mass is 10.2. The molecule has 3 rings (SSSR count). The van der Waals surface area contributed by atoms with Gasteiger partial charge in [0, 0.05) is 10.3 Å². The maximum atomic E-state index is 12.1. The molecule has 0 atom stereocenters. The molecule has 0 saturated carbocycles. The Morgan fingerprint density at radius 1 is 1.14 bits per heavy atom. The Labute approximate surface area is 130 Å². The number of carbonyl (C=O) groups is 2. The van der Waals surface area contributed by atoms with Crippen LogP contribution in [0, 0.1) is 0 Å². The molecule has 0 spiro atoms. The van der Waals surface area contributed by atoms with Gasteiger partial charge in [0.1, 0.15) is 0 Å². The molecule has 0 fully saturated rings. The minimum atomic E-state index is -0.372. The number of para-hydroxylation sites is 1. The minimum absolute atomic E-state index is 0.0780. The first kappa shape index (κ1) is 14.3. The van der Waals surface area contributed by atoms with E-state index in [0.29, 0.717) is 12.2 Å². The van der Waals surface area contributed by atoms with Crippen LogP contribution in [0.5, 0.6) is 0 Å². The van der Waals surface area contributed by atoms with Crippen LogP contribution in [0.2, 0.25) is 0 Å². The fourth-order valence-electron chi connectivity index (χ4n) is 2.04. The van der Waals surface area contributed by atoms with Gasteiger partial charge in [-0.1, -0.05) is 24.3 Å². The highest BCUT2D eigenvalue weighted by Crippen LogP contribution is 2.14. The number of aromatic amines is 1. The normalized spacial score (nSPS) is 10.5. The van der Waals surface area contributed by atoms with Gasteiger partial charge < -0.3 is 10.6 Å². The molecule has 7 heteroatoms. The quantitative estimate of drug-likeness (QED) is 0.669. The van der Waals surface area contributed by atoms with Gasteiger partial charge in [0.25, 0.3) is 5.91 Å². The number of H-pyrrole nitrogens is 1. The van der Waals surface area contributed by atoms with Crippen molar-refractivity contribution < 1.29 is 9.59 Å². The number of fused-ring (bicyclic) bond motifs is 1. The van der Waals surface area contributed by atoms with Gasteiger partial charge in [0.15, 0.2) is 5.69 Å². The first-order valence-electron chi connectivity index (χ1n) is 6.74. The maximum absolute atomic E-state index is 12.1. The topological polar surface area (TPSA) is 86.9 Å². The van der Waals surface area contributed by atoms with Crippen LogP contribution in [0.1, 0.15) is 15.4 Å². The van der Waals surface area contributed by atoms with Gasteiger partial charge in [0.2, 0.25) is 5.91 Å². The zero-order chi connectivity index (χ0) is 15.4. The number of aromatic nitrogens is 2. The summed E-state index contributed by atoms with van der Waals surface area (Å²) in [6.07, 6.45) is 0. The van der Waals surface area contributed by atoms with Crippen molar-refractivity contribution in [1.82, 2.24) is 20.8 Å². The van der Waals surface area contributed by atoms with E-state index in [2.05, 4.69) is 20.8 Å². The number of nitrogens with one attached hydrogen (secondary N) is 3. The molecule has 0 aliphatic heterocycles. The molecule has 1 aromatic carbocycles. The zero-order valence-electron chi connectivity index (χ0n) is 11.6. The smallest absolute Gasteiger partial charge is 0.272 e. The van der Waals surface area contributed by atoms with Crippen molar-refractivity contribution >= 4 is 34.1 Å². The minimum Gasteiger partial charge on any atom is -0.350 e. The van der Waals surface area contributed by atoms with Crippen molar-refractivity contribution in [2.45, 2.75) is 6.54 Å². The standard InChI is InChI=1S/C15H14N4O2S/c20-13(16-8-10-4-3-7-22-10)9-17-15(21)14-11-5-1-2-6-12(11)18-19-14/h1-7H,8-9H2,(H,16,20)(H,17,21)(H,18,19). The molecule has 6 nitrogen and oxygen atoms in total. The van der Waals surface area contributed by atoms with Gasteiger partial charge in [0.05, 0.1) is 18.6 Å². The predicted octanol–water partition coefficient (Wildman–Crippen LogP) is 1.67. The van der Waals surface area contributed by atoms with E-state index in [0.717, 1.165) is 15.8 Å². The number of hydrogen-bond donors (Lipinski definition) is 3. The number of rotatable bonds is 5. The van der Waals surface area contributed by atoms with Crippen LogP contribution < -0.4 is 10.6 Å². The molecule has 2 heterocycles. The molecular weight excluding hydrogens is 300 g/mol. The van der Waals surface area contributed by atoms with Crippen LogP contribution in [0.15, 0.2) is 41.8 Å². The molecule has 22 heavy (non-hydrogen) atoms. The van der Waals surface area contributed by atoms with Crippen LogP contribution >= 0.6 is 11.3 Å². The van der Waals surface area contributed by atoms with Crippen molar-refractivity contribution in [3.8, 4) is 0 Å². The largest absolute Gasteiger partial charge is 0.350 e. The number of thiophene rings is 1. The van der Waals surface area contributed by atoms with E-state index in [1.165, 1.54) is 0 Å². The molecule has 3 aromatic rings. The molecule has 0 saturated heterocycles. The second-order valence-corrected chi connectivity index (χ2v) is 5.69. The third-order valence-electron chi connectivity index (χ3n) is 3.13. The van der Waals surface area contributed by atoms with Gasteiger partial charge >= 0.3 is 0 Å². The Balaban J connectivity index is 1.54. The monoisotopic (exact) mass is 314 g/mol. The van der Waals surface area contributed by atoms with Gasteiger partial charge in [-0.2, -0.15) is 5.10 Å². The van der Waals surface area contributed by atoms with Crippen molar-refractivity contribution in [1.29, 1.82) is 0 Å². The van der Waals surface area contributed by atoms with Crippen molar-refractivity contribution in [2.75, 3.05) is 6.54 Å². The van der Waals surface area contributed by atoms with Crippen LogP contribution in [0.4, 0.5) is 0 Å². The van der Waals surface area contributed by atoms with Crippen molar-refractivity contribution in [2.24, 2.45) is 0 Å². The predicted molar refractivity (Wildman–Crippen MR) is 84.6 cm³/mol. The lowest BCUT2D eigenvalue weighted by molar-refractivity contribution is -0.120. The highest BCUT2D eigenvalue weighted by atomic mass is 32.1. The van der Waals surface area contributed by atoms with Crippen LogP contribution in [0.25, 0.3) is 10.9 Å². The molecule has 0 bridgehead atoms. The molecule has 0 aliphatic carbocycles. The van der Waals surface area contributed by atoms with Crippen molar-refractivity contribution in [3.63, 3.8) is 0 Å². The maximum Gasteiger partial charge on any atom is 0.272 e. The SMILES string of the molecule is O=C(CNC(=O)c1n[nH]c2ccccc12)NCc1cccs1. The van der Waals surface area contributed by atoms with Crippen LogP contribution in [-0.2, 0) is 11.3 Å². The molecule has 0 aliphatic rings. The number of nitrogens with zero attached hydrogens (tertiary/aromatic N) is 1. The lowest BCUT2D eigenvalue weighted by Gasteiger charge is -2.05. The molecule has 0 unspecified atom stereocenters. The number of hydrogen-bond acceptors (Lipinski definition) is 4. The summed E-state index contributed by atoms with van der Waals surface area (Å²) >= 11 is 1.57. The first-order chi connectivity index (χ1) is 10.7. The summed E-state index contributed by atoms with van der Waals surface area (Å²) in [5.41, 5.74) is 1.08. The third kappa shape index (κ3) is 3.15. The van der Waals surface area contributed by atoms with Crippen LogP contribution in [0.3, 0.4) is 0 Å². The van der Waals surface area contributed by atoms with Gasteiger partial charge in [-0.25, -0.2) is 0 Å². The number of carbonyl (C=O) groups excluding carboxylic acids is 2. The summed E-state index contributed by atoms with van der Waals surface area (Å²) in [5.74, 6) is -0.606. The van der Waals surface area contributed by atoms with E-state index in [4.69, 9.17) is 0 Å². The molecule has 2 amide bonds. The van der Waals surface area contributed by atoms with E-state index >= 15 is 0 Å². The second-order valence-electron chi connectivity index (χ2n) is 4.66.